The number of anilines is 1. The standard InChI is InChI=1S/C19H13BrN4O6/c1-9-15(19(28)29-2)12(8-21)18(30-9)22-17(27)16-13(25)7-14(26)24(23-16)11-5-3-10(20)4-6-11/h3-7,25H,1-2H3,(H,22,27). The van der Waals surface area contributed by atoms with Crippen molar-refractivity contribution >= 4 is 33.7 Å². The van der Waals surface area contributed by atoms with Crippen molar-refractivity contribution in [2.45, 2.75) is 6.92 Å². The number of carbonyl (C=O) groups is 2. The van der Waals surface area contributed by atoms with Gasteiger partial charge in [-0.3, -0.25) is 14.9 Å². The van der Waals surface area contributed by atoms with Gasteiger partial charge in [0.2, 0.25) is 5.88 Å². The van der Waals surface area contributed by atoms with Gasteiger partial charge < -0.3 is 14.3 Å². The number of aryl methyl sites for hydroxylation is 1. The van der Waals surface area contributed by atoms with Crippen LogP contribution in [0.15, 0.2) is 44.0 Å². The molecule has 0 atom stereocenters. The van der Waals surface area contributed by atoms with Crippen LogP contribution in [0.1, 0.15) is 32.2 Å². The van der Waals surface area contributed by atoms with Gasteiger partial charge in [0.25, 0.3) is 11.5 Å². The molecule has 3 aromatic rings. The molecule has 1 aromatic carbocycles. The van der Waals surface area contributed by atoms with Gasteiger partial charge in [0.1, 0.15) is 23.0 Å². The first kappa shape index (κ1) is 20.8. The van der Waals surface area contributed by atoms with Gasteiger partial charge in [-0.25, -0.2) is 4.79 Å². The number of nitrogens with zero attached hydrogens (tertiary/aromatic N) is 3. The molecule has 0 unspecified atom stereocenters. The van der Waals surface area contributed by atoms with Crippen LogP contribution in [0.5, 0.6) is 5.75 Å². The van der Waals surface area contributed by atoms with Crippen molar-refractivity contribution in [1.82, 2.24) is 9.78 Å². The molecule has 0 aliphatic rings. The van der Waals surface area contributed by atoms with Crippen LogP contribution >= 0.6 is 15.9 Å². The summed E-state index contributed by atoms with van der Waals surface area (Å²) in [6.45, 7) is 1.42. The molecule has 11 heteroatoms. The van der Waals surface area contributed by atoms with Crippen molar-refractivity contribution in [2.75, 3.05) is 12.4 Å². The molecule has 0 saturated heterocycles. The molecular weight excluding hydrogens is 460 g/mol. The lowest BCUT2D eigenvalue weighted by atomic mass is 10.1. The maximum Gasteiger partial charge on any atom is 0.342 e. The molecule has 0 fully saturated rings. The highest BCUT2D eigenvalue weighted by molar-refractivity contribution is 9.10. The number of nitrogens with one attached hydrogen (secondary N) is 1. The quantitative estimate of drug-likeness (QED) is 0.550. The molecule has 0 spiro atoms. The molecule has 152 valence electrons. The Balaban J connectivity index is 2.02. The zero-order valence-corrected chi connectivity index (χ0v) is 17.2. The number of amides is 1. The SMILES string of the molecule is COC(=O)c1c(C)oc(NC(=O)c2nn(-c3ccc(Br)cc3)c(=O)cc2O)c1C#N. The maximum atomic E-state index is 12.7. The van der Waals surface area contributed by atoms with E-state index in [0.717, 1.165) is 22.3 Å². The second kappa shape index (κ2) is 8.22. The minimum absolute atomic E-state index is 0.0608. The number of furan rings is 1. The lowest BCUT2D eigenvalue weighted by Crippen LogP contribution is -2.25. The van der Waals surface area contributed by atoms with E-state index in [4.69, 9.17) is 4.42 Å². The minimum atomic E-state index is -0.958. The Morgan fingerprint density at radius 3 is 2.60 bits per heavy atom. The topological polar surface area (TPSA) is 147 Å². The number of rotatable bonds is 4. The highest BCUT2D eigenvalue weighted by Crippen LogP contribution is 2.28. The fourth-order valence-electron chi connectivity index (χ4n) is 2.63. The number of nitriles is 1. The summed E-state index contributed by atoms with van der Waals surface area (Å²) in [5.74, 6) is -2.69. The van der Waals surface area contributed by atoms with Crippen LogP contribution in [0.25, 0.3) is 5.69 Å². The van der Waals surface area contributed by atoms with Gasteiger partial charge in [-0.2, -0.15) is 15.0 Å². The van der Waals surface area contributed by atoms with E-state index in [9.17, 15) is 24.8 Å². The summed E-state index contributed by atoms with van der Waals surface area (Å²) in [6.07, 6.45) is 0. The molecule has 2 heterocycles. The molecule has 0 radical (unpaired) electrons. The zero-order chi connectivity index (χ0) is 22.0. The number of carbonyl (C=O) groups excluding carboxylic acids is 2. The molecule has 30 heavy (non-hydrogen) atoms. The van der Waals surface area contributed by atoms with Gasteiger partial charge in [0.05, 0.1) is 12.8 Å². The minimum Gasteiger partial charge on any atom is -0.505 e. The van der Waals surface area contributed by atoms with E-state index >= 15 is 0 Å². The summed E-state index contributed by atoms with van der Waals surface area (Å²) in [6, 6.07) is 9.13. The third-order valence-corrected chi connectivity index (χ3v) is 4.54. The van der Waals surface area contributed by atoms with E-state index in [-0.39, 0.29) is 22.8 Å². The molecule has 10 nitrogen and oxygen atoms in total. The third kappa shape index (κ3) is 3.81. The number of hydrogen-bond donors (Lipinski definition) is 2. The maximum absolute atomic E-state index is 12.7. The summed E-state index contributed by atoms with van der Waals surface area (Å²) in [4.78, 5) is 36.7. The Morgan fingerprint density at radius 2 is 2.00 bits per heavy atom. The van der Waals surface area contributed by atoms with E-state index in [2.05, 4.69) is 31.1 Å². The van der Waals surface area contributed by atoms with Gasteiger partial charge in [0.15, 0.2) is 11.4 Å². The van der Waals surface area contributed by atoms with Crippen LogP contribution in [0.3, 0.4) is 0 Å². The number of methoxy groups -OCH3 is 1. The van der Waals surface area contributed by atoms with E-state index in [1.807, 2.05) is 0 Å². The molecule has 0 saturated carbocycles. The van der Waals surface area contributed by atoms with Gasteiger partial charge in [-0.05, 0) is 31.2 Å². The first-order valence-corrected chi connectivity index (χ1v) is 9.08. The van der Waals surface area contributed by atoms with Gasteiger partial charge in [-0.1, -0.05) is 15.9 Å². The summed E-state index contributed by atoms with van der Waals surface area (Å²) >= 11 is 3.28. The molecule has 1 amide bonds. The number of ether oxygens (including phenoxy) is 1. The average Bonchev–Trinajstić information content (AvgIpc) is 3.03. The van der Waals surface area contributed by atoms with Crippen molar-refractivity contribution in [2.24, 2.45) is 0 Å². The van der Waals surface area contributed by atoms with Crippen molar-refractivity contribution in [3.8, 4) is 17.5 Å². The predicted molar refractivity (Wildman–Crippen MR) is 107 cm³/mol. The molecule has 2 N–H and O–H groups in total. The number of hydrogen-bond acceptors (Lipinski definition) is 8. The number of halogens is 1. The van der Waals surface area contributed by atoms with Crippen molar-refractivity contribution in [3.05, 3.63) is 67.7 Å². The van der Waals surface area contributed by atoms with Gasteiger partial charge in [0, 0.05) is 10.5 Å². The summed E-state index contributed by atoms with van der Waals surface area (Å²) < 4.78 is 11.6. The van der Waals surface area contributed by atoms with Crippen LogP contribution in [0.2, 0.25) is 0 Å². The number of benzene rings is 1. The summed E-state index contributed by atoms with van der Waals surface area (Å²) in [5, 5.41) is 25.6. The van der Waals surface area contributed by atoms with Crippen LogP contribution in [-0.2, 0) is 4.74 Å². The summed E-state index contributed by atoms with van der Waals surface area (Å²) in [5.41, 5.74) is -1.17. The largest absolute Gasteiger partial charge is 0.505 e. The molecule has 2 aromatic heterocycles. The highest BCUT2D eigenvalue weighted by atomic mass is 79.9. The molecule has 0 aliphatic carbocycles. The Hall–Kier alpha value is -3.91. The molecule has 0 bridgehead atoms. The van der Waals surface area contributed by atoms with Crippen LogP contribution in [0.4, 0.5) is 5.88 Å². The number of aromatic hydroxyl groups is 1. The van der Waals surface area contributed by atoms with Gasteiger partial charge in [-0.15, -0.1) is 0 Å². The average molecular weight is 473 g/mol. The van der Waals surface area contributed by atoms with Gasteiger partial charge >= 0.3 is 5.97 Å². The van der Waals surface area contributed by atoms with Crippen LogP contribution in [0, 0.1) is 18.3 Å². The van der Waals surface area contributed by atoms with Crippen molar-refractivity contribution < 1.29 is 23.8 Å². The second-order valence-electron chi connectivity index (χ2n) is 5.90. The monoisotopic (exact) mass is 472 g/mol. The van der Waals surface area contributed by atoms with E-state index in [1.165, 1.54) is 6.92 Å². The summed E-state index contributed by atoms with van der Waals surface area (Å²) in [7, 11) is 1.14. The molecular formula is C19H13BrN4O6. The Bertz CT molecular complexity index is 1250. The fraction of sp³-hybridized carbons (Fsp3) is 0.105. The van der Waals surface area contributed by atoms with E-state index < -0.39 is 28.9 Å². The lowest BCUT2D eigenvalue weighted by Gasteiger charge is -2.09. The first-order valence-electron chi connectivity index (χ1n) is 8.29. The Kier molecular flexibility index (Phi) is 5.70. The zero-order valence-electron chi connectivity index (χ0n) is 15.6. The Morgan fingerprint density at radius 1 is 1.33 bits per heavy atom. The van der Waals surface area contributed by atoms with Crippen LogP contribution in [-0.4, -0.2) is 33.9 Å². The predicted octanol–water partition coefficient (Wildman–Crippen LogP) is 2.51. The number of aromatic nitrogens is 2. The molecule has 0 aliphatic heterocycles. The normalized spacial score (nSPS) is 10.3. The molecule has 3 rings (SSSR count). The van der Waals surface area contributed by atoms with Crippen molar-refractivity contribution in [3.63, 3.8) is 0 Å². The third-order valence-electron chi connectivity index (χ3n) is 4.01. The smallest absolute Gasteiger partial charge is 0.342 e. The van der Waals surface area contributed by atoms with E-state index in [0.29, 0.717) is 5.69 Å². The fourth-order valence-corrected chi connectivity index (χ4v) is 2.89. The van der Waals surface area contributed by atoms with Crippen molar-refractivity contribution in [1.29, 1.82) is 5.26 Å². The first-order chi connectivity index (χ1) is 14.3. The van der Waals surface area contributed by atoms with E-state index in [1.54, 1.807) is 30.3 Å². The number of esters is 1. The van der Waals surface area contributed by atoms with Crippen LogP contribution < -0.4 is 10.9 Å². The highest BCUT2D eigenvalue weighted by Gasteiger charge is 2.27. The lowest BCUT2D eigenvalue weighted by molar-refractivity contribution is 0.0598. The Labute approximate surface area is 177 Å². The second-order valence-corrected chi connectivity index (χ2v) is 6.82.